The fourth-order valence-electron chi connectivity index (χ4n) is 2.45. The van der Waals surface area contributed by atoms with Crippen LogP contribution in [0.2, 0.25) is 0 Å². The standard InChI is InChI=1S/C19H19BrN2O3/c1-23-15-7-13(8-16(9-15)24-2)10-21-11-14-12-25-19(22-14)17-5-3-4-6-18(17)20/h3-9,12,21H,10-11H2,1-2H3. The van der Waals surface area contributed by atoms with Crippen LogP contribution in [0.25, 0.3) is 11.5 Å². The zero-order valence-corrected chi connectivity index (χ0v) is 15.7. The van der Waals surface area contributed by atoms with Crippen molar-refractivity contribution in [1.29, 1.82) is 0 Å². The smallest absolute Gasteiger partial charge is 0.227 e. The maximum absolute atomic E-state index is 5.59. The second kappa shape index (κ2) is 8.18. The number of hydrogen-bond donors (Lipinski definition) is 1. The van der Waals surface area contributed by atoms with Gasteiger partial charge >= 0.3 is 0 Å². The van der Waals surface area contributed by atoms with Crippen LogP contribution in [0.4, 0.5) is 0 Å². The maximum atomic E-state index is 5.59. The lowest BCUT2D eigenvalue weighted by Gasteiger charge is -2.08. The third kappa shape index (κ3) is 4.41. The molecule has 0 atom stereocenters. The molecule has 0 amide bonds. The van der Waals surface area contributed by atoms with E-state index in [0.717, 1.165) is 32.8 Å². The molecule has 6 heteroatoms. The maximum Gasteiger partial charge on any atom is 0.227 e. The molecule has 3 aromatic rings. The normalized spacial score (nSPS) is 10.7. The molecule has 3 rings (SSSR count). The van der Waals surface area contributed by atoms with Crippen LogP contribution < -0.4 is 14.8 Å². The lowest BCUT2D eigenvalue weighted by Crippen LogP contribution is -2.13. The van der Waals surface area contributed by atoms with Crippen molar-refractivity contribution in [2.24, 2.45) is 0 Å². The molecule has 0 aliphatic heterocycles. The fraction of sp³-hybridized carbons (Fsp3) is 0.211. The lowest BCUT2D eigenvalue weighted by atomic mass is 10.2. The number of benzene rings is 2. The molecule has 0 aliphatic rings. The zero-order chi connectivity index (χ0) is 17.6. The second-order valence-electron chi connectivity index (χ2n) is 5.45. The first-order chi connectivity index (χ1) is 12.2. The SMILES string of the molecule is COc1cc(CNCc2coc(-c3ccccc3Br)n2)cc(OC)c1. The molecule has 1 N–H and O–H groups in total. The van der Waals surface area contributed by atoms with Gasteiger partial charge in [0.05, 0.1) is 25.5 Å². The number of nitrogens with zero attached hydrogens (tertiary/aromatic N) is 1. The van der Waals surface area contributed by atoms with Crippen molar-refractivity contribution in [2.45, 2.75) is 13.1 Å². The average molecular weight is 403 g/mol. The van der Waals surface area contributed by atoms with Crippen LogP contribution in [0.3, 0.4) is 0 Å². The van der Waals surface area contributed by atoms with Crippen molar-refractivity contribution in [3.8, 4) is 23.0 Å². The van der Waals surface area contributed by atoms with Gasteiger partial charge < -0.3 is 19.2 Å². The van der Waals surface area contributed by atoms with Gasteiger partial charge in [0.2, 0.25) is 5.89 Å². The second-order valence-corrected chi connectivity index (χ2v) is 6.30. The number of ether oxygens (including phenoxy) is 2. The molecule has 0 saturated carbocycles. The minimum Gasteiger partial charge on any atom is -0.497 e. The Kier molecular flexibility index (Phi) is 5.73. The molecule has 130 valence electrons. The van der Waals surface area contributed by atoms with E-state index in [9.17, 15) is 0 Å². The van der Waals surface area contributed by atoms with Gasteiger partial charge in [0.15, 0.2) is 0 Å². The van der Waals surface area contributed by atoms with Gasteiger partial charge in [-0.2, -0.15) is 0 Å². The molecule has 1 aromatic heterocycles. The van der Waals surface area contributed by atoms with Crippen LogP contribution in [0.15, 0.2) is 57.6 Å². The summed E-state index contributed by atoms with van der Waals surface area (Å²) in [5, 5.41) is 3.35. The number of nitrogens with one attached hydrogen (secondary N) is 1. The van der Waals surface area contributed by atoms with E-state index in [-0.39, 0.29) is 0 Å². The molecule has 0 fully saturated rings. The predicted octanol–water partition coefficient (Wildman–Crippen LogP) is 4.41. The van der Waals surface area contributed by atoms with E-state index in [1.807, 2.05) is 42.5 Å². The Balaban J connectivity index is 1.63. The molecule has 2 aromatic carbocycles. The van der Waals surface area contributed by atoms with E-state index in [4.69, 9.17) is 13.9 Å². The topological polar surface area (TPSA) is 56.5 Å². The third-order valence-electron chi connectivity index (χ3n) is 3.70. The van der Waals surface area contributed by atoms with E-state index in [2.05, 4.69) is 26.2 Å². The summed E-state index contributed by atoms with van der Waals surface area (Å²) in [6.07, 6.45) is 1.67. The summed E-state index contributed by atoms with van der Waals surface area (Å²) in [6, 6.07) is 13.7. The van der Waals surface area contributed by atoms with Crippen LogP contribution in [-0.2, 0) is 13.1 Å². The molecule has 0 radical (unpaired) electrons. The van der Waals surface area contributed by atoms with E-state index >= 15 is 0 Å². The summed E-state index contributed by atoms with van der Waals surface area (Å²) < 4.78 is 17.1. The number of rotatable bonds is 7. The van der Waals surface area contributed by atoms with Crippen molar-refractivity contribution in [3.63, 3.8) is 0 Å². The summed E-state index contributed by atoms with van der Waals surface area (Å²) in [5.74, 6) is 2.15. The molecular weight excluding hydrogens is 384 g/mol. The monoisotopic (exact) mass is 402 g/mol. The number of oxazole rings is 1. The Hall–Kier alpha value is -2.31. The minimum absolute atomic E-state index is 0.604. The van der Waals surface area contributed by atoms with E-state index in [1.165, 1.54) is 0 Å². The summed E-state index contributed by atoms with van der Waals surface area (Å²) >= 11 is 3.51. The van der Waals surface area contributed by atoms with E-state index < -0.39 is 0 Å². The lowest BCUT2D eigenvalue weighted by molar-refractivity contribution is 0.393. The van der Waals surface area contributed by atoms with Crippen molar-refractivity contribution in [2.75, 3.05) is 14.2 Å². The number of aromatic nitrogens is 1. The highest BCUT2D eigenvalue weighted by molar-refractivity contribution is 9.10. The van der Waals surface area contributed by atoms with E-state index in [0.29, 0.717) is 19.0 Å². The van der Waals surface area contributed by atoms with E-state index in [1.54, 1.807) is 20.5 Å². The van der Waals surface area contributed by atoms with Crippen LogP contribution in [0, 0.1) is 0 Å². The molecule has 0 unspecified atom stereocenters. The Morgan fingerprint density at radius 1 is 1.04 bits per heavy atom. The summed E-state index contributed by atoms with van der Waals surface area (Å²) in [7, 11) is 3.29. The van der Waals surface area contributed by atoms with Gasteiger partial charge in [-0.05, 0) is 45.8 Å². The number of halogens is 1. The molecule has 0 saturated heterocycles. The van der Waals surface area contributed by atoms with Crippen LogP contribution >= 0.6 is 15.9 Å². The summed E-state index contributed by atoms with van der Waals surface area (Å²) in [5.41, 5.74) is 2.86. The van der Waals surface area contributed by atoms with Crippen molar-refractivity contribution < 1.29 is 13.9 Å². The first kappa shape index (κ1) is 17.5. The summed E-state index contributed by atoms with van der Waals surface area (Å²) in [6.45, 7) is 1.28. The number of hydrogen-bond acceptors (Lipinski definition) is 5. The highest BCUT2D eigenvalue weighted by atomic mass is 79.9. The zero-order valence-electron chi connectivity index (χ0n) is 14.1. The van der Waals surface area contributed by atoms with Gasteiger partial charge in [-0.1, -0.05) is 12.1 Å². The molecule has 0 aliphatic carbocycles. The van der Waals surface area contributed by atoms with Gasteiger partial charge in [0, 0.05) is 23.6 Å². The minimum atomic E-state index is 0.604. The largest absolute Gasteiger partial charge is 0.497 e. The Labute approximate surface area is 155 Å². The highest BCUT2D eigenvalue weighted by Crippen LogP contribution is 2.27. The highest BCUT2D eigenvalue weighted by Gasteiger charge is 2.09. The van der Waals surface area contributed by atoms with Crippen LogP contribution in [0.5, 0.6) is 11.5 Å². The Bertz CT molecular complexity index is 826. The van der Waals surface area contributed by atoms with Gasteiger partial charge in [0.25, 0.3) is 0 Å². The molecule has 5 nitrogen and oxygen atoms in total. The predicted molar refractivity (Wildman–Crippen MR) is 99.7 cm³/mol. The van der Waals surface area contributed by atoms with Gasteiger partial charge in [-0.25, -0.2) is 4.98 Å². The van der Waals surface area contributed by atoms with Gasteiger partial charge in [0.1, 0.15) is 17.8 Å². The van der Waals surface area contributed by atoms with Gasteiger partial charge in [-0.3, -0.25) is 0 Å². The Morgan fingerprint density at radius 3 is 2.44 bits per heavy atom. The van der Waals surface area contributed by atoms with Crippen molar-refractivity contribution in [1.82, 2.24) is 10.3 Å². The van der Waals surface area contributed by atoms with Gasteiger partial charge in [-0.15, -0.1) is 0 Å². The van der Waals surface area contributed by atoms with Crippen molar-refractivity contribution >= 4 is 15.9 Å². The fourth-order valence-corrected chi connectivity index (χ4v) is 2.90. The molecule has 25 heavy (non-hydrogen) atoms. The summed E-state index contributed by atoms with van der Waals surface area (Å²) in [4.78, 5) is 4.53. The molecular formula is C19H19BrN2O3. The molecule has 1 heterocycles. The molecule has 0 bridgehead atoms. The quantitative estimate of drug-likeness (QED) is 0.633. The first-order valence-electron chi connectivity index (χ1n) is 7.81. The van der Waals surface area contributed by atoms with Crippen LogP contribution in [-0.4, -0.2) is 19.2 Å². The molecule has 0 spiro atoms. The number of methoxy groups -OCH3 is 2. The first-order valence-corrected chi connectivity index (χ1v) is 8.61. The third-order valence-corrected chi connectivity index (χ3v) is 4.39. The average Bonchev–Trinajstić information content (AvgIpc) is 3.10. The van der Waals surface area contributed by atoms with Crippen molar-refractivity contribution in [3.05, 3.63) is 64.5 Å². The van der Waals surface area contributed by atoms with Crippen LogP contribution in [0.1, 0.15) is 11.3 Å². The Morgan fingerprint density at radius 2 is 1.76 bits per heavy atom.